The molecule has 6 N–H and O–H groups in total. The van der Waals surface area contributed by atoms with Crippen molar-refractivity contribution in [3.05, 3.63) is 69.0 Å². The van der Waals surface area contributed by atoms with Gasteiger partial charge in [0.2, 0.25) is 0 Å². The highest BCUT2D eigenvalue weighted by atomic mass is 16.7. The van der Waals surface area contributed by atoms with Crippen LogP contribution in [0.25, 0.3) is 0 Å². The Balaban J connectivity index is 1.14. The number of rotatable bonds is 15. The van der Waals surface area contributed by atoms with Crippen molar-refractivity contribution in [1.82, 2.24) is 14.2 Å². The van der Waals surface area contributed by atoms with E-state index in [9.17, 15) is 45.0 Å². The van der Waals surface area contributed by atoms with E-state index in [1.165, 1.54) is 18.2 Å². The third kappa shape index (κ3) is 6.68. The first-order valence-electron chi connectivity index (χ1n) is 15.1. The van der Waals surface area contributed by atoms with Gasteiger partial charge in [-0.25, -0.2) is 4.79 Å². The molecule has 1 aromatic heterocycles. The second kappa shape index (κ2) is 14.4. The van der Waals surface area contributed by atoms with Crippen molar-refractivity contribution in [3.8, 4) is 0 Å². The number of aliphatic hydroxyl groups is 6. The molecule has 46 heavy (non-hydrogen) atoms. The number of aromatic nitrogens is 2. The van der Waals surface area contributed by atoms with Gasteiger partial charge in [-0.3, -0.25) is 9.36 Å². The van der Waals surface area contributed by atoms with Crippen LogP contribution in [0.15, 0.2) is 52.2 Å². The van der Waals surface area contributed by atoms with E-state index < -0.39 is 84.1 Å². The molecule has 1 saturated heterocycles. The van der Waals surface area contributed by atoms with E-state index in [1.54, 1.807) is 0 Å². The van der Waals surface area contributed by atoms with Gasteiger partial charge >= 0.3 is 17.2 Å². The molecule has 0 spiro atoms. The zero-order chi connectivity index (χ0) is 33.2. The number of benzene rings is 1. The number of carbonyl (C=O) groups excluding carboxylic acids is 1. The monoisotopic (exact) mass is 651 g/mol. The normalized spacial score (nSPS) is 32.4. The lowest BCUT2D eigenvalue weighted by molar-refractivity contribution is -0.214. The zero-order valence-electron chi connectivity index (χ0n) is 25.3. The average Bonchev–Trinajstić information content (AvgIpc) is 3.66. The lowest BCUT2D eigenvalue weighted by atomic mass is 9.93. The van der Waals surface area contributed by atoms with E-state index in [-0.39, 0.29) is 39.5 Å². The molecule has 3 fully saturated rings. The number of nitrogens with zero attached hydrogens (tertiary/aromatic N) is 3. The minimum absolute atomic E-state index is 0.0785. The summed E-state index contributed by atoms with van der Waals surface area (Å²) >= 11 is 0. The average molecular weight is 652 g/mol. The van der Waals surface area contributed by atoms with Crippen LogP contribution in [0, 0.1) is 11.3 Å². The van der Waals surface area contributed by atoms with E-state index in [2.05, 4.69) is 0 Å². The summed E-state index contributed by atoms with van der Waals surface area (Å²) in [5.41, 5.74) is -1.63. The largest absolute Gasteiger partial charge is 0.579 e. The van der Waals surface area contributed by atoms with Crippen molar-refractivity contribution < 1.29 is 54.5 Å². The Morgan fingerprint density at radius 1 is 1.13 bits per heavy atom. The van der Waals surface area contributed by atoms with Crippen LogP contribution in [0.5, 0.6) is 0 Å². The Morgan fingerprint density at radius 2 is 1.87 bits per heavy atom. The van der Waals surface area contributed by atoms with Gasteiger partial charge in [-0.2, -0.15) is 4.57 Å². The summed E-state index contributed by atoms with van der Waals surface area (Å²) in [7, 11) is 0. The molecule has 2 aromatic rings. The fourth-order valence-corrected chi connectivity index (χ4v) is 6.68. The van der Waals surface area contributed by atoms with Gasteiger partial charge in [0.15, 0.2) is 6.23 Å². The van der Waals surface area contributed by atoms with E-state index >= 15 is 0 Å². The lowest BCUT2D eigenvalue weighted by Gasteiger charge is -2.31. The SMILES string of the molecule is CC(=O)ON(CCCOC[C@H]1O[C@@H](n2ccc(=[O+])n(COCc3ccccc3)c2=O)[C@H](O)[C@@H]1O)[C@@H]1[C@H](O)[C@@H](O)[C@@]2([C@H](O)CO)C[C@H]12. The summed E-state index contributed by atoms with van der Waals surface area (Å²) in [6.45, 7) is 0.443. The molecule has 1 radical (unpaired) electrons. The van der Waals surface area contributed by atoms with Gasteiger partial charge in [0.25, 0.3) is 4.79 Å². The molecule has 3 aliphatic rings. The van der Waals surface area contributed by atoms with Crippen molar-refractivity contribution in [2.75, 3.05) is 26.4 Å². The number of hydrogen-bond donors (Lipinski definition) is 6. The van der Waals surface area contributed by atoms with E-state index in [4.69, 9.17) is 19.0 Å². The van der Waals surface area contributed by atoms with Crippen molar-refractivity contribution in [2.24, 2.45) is 11.3 Å². The van der Waals surface area contributed by atoms with Crippen LogP contribution in [0.2, 0.25) is 0 Å². The van der Waals surface area contributed by atoms with Gasteiger partial charge in [-0.15, -0.1) is 5.06 Å². The molecule has 10 atom stereocenters. The van der Waals surface area contributed by atoms with Gasteiger partial charge in [-0.05, 0) is 24.3 Å². The molecule has 5 rings (SSSR count). The van der Waals surface area contributed by atoms with Crippen molar-refractivity contribution in [2.45, 2.75) is 82.0 Å². The number of hydrogen-bond acceptors (Lipinski definition) is 14. The van der Waals surface area contributed by atoms with Gasteiger partial charge in [0, 0.05) is 31.7 Å². The van der Waals surface area contributed by atoms with Crippen LogP contribution < -0.4 is 11.2 Å². The second-order valence-corrected chi connectivity index (χ2v) is 12.0. The third-order valence-corrected chi connectivity index (χ3v) is 9.10. The summed E-state index contributed by atoms with van der Waals surface area (Å²) in [4.78, 5) is 42.6. The number of hydroxylamine groups is 2. The predicted octanol–water partition coefficient (Wildman–Crippen LogP) is -2.55. The van der Waals surface area contributed by atoms with Crippen molar-refractivity contribution >= 4 is 5.97 Å². The lowest BCUT2D eigenvalue weighted by Crippen LogP contribution is -2.48. The van der Waals surface area contributed by atoms with Gasteiger partial charge in [0.1, 0.15) is 25.0 Å². The van der Waals surface area contributed by atoms with E-state index in [0.717, 1.165) is 20.8 Å². The second-order valence-electron chi connectivity index (χ2n) is 12.0. The zero-order valence-corrected chi connectivity index (χ0v) is 25.3. The molecule has 16 heteroatoms. The number of ether oxygens (including phenoxy) is 3. The Kier molecular flexibility index (Phi) is 10.7. The molecule has 2 saturated carbocycles. The maximum atomic E-state index is 13.1. The fraction of sp³-hybridized carbons (Fsp3) is 0.633. The summed E-state index contributed by atoms with van der Waals surface area (Å²) < 4.78 is 18.8. The van der Waals surface area contributed by atoms with Gasteiger partial charge < -0.3 is 49.7 Å². The Morgan fingerprint density at radius 3 is 2.57 bits per heavy atom. The van der Waals surface area contributed by atoms with Crippen molar-refractivity contribution in [1.29, 1.82) is 0 Å². The summed E-state index contributed by atoms with van der Waals surface area (Å²) in [6.07, 6.45) is -7.34. The first-order chi connectivity index (χ1) is 22.0. The molecule has 2 heterocycles. The highest BCUT2D eigenvalue weighted by Crippen LogP contribution is 2.66. The molecule has 2 aliphatic carbocycles. The Hall–Kier alpha value is -3.03. The highest BCUT2D eigenvalue weighted by Gasteiger charge is 2.75. The predicted molar refractivity (Wildman–Crippen MR) is 155 cm³/mol. The minimum atomic E-state index is -1.51. The van der Waals surface area contributed by atoms with Crippen molar-refractivity contribution in [3.63, 3.8) is 0 Å². The maximum absolute atomic E-state index is 13.1. The van der Waals surface area contributed by atoms with Gasteiger partial charge in [-0.1, -0.05) is 30.3 Å². The van der Waals surface area contributed by atoms with E-state index in [1.807, 2.05) is 30.3 Å². The topological polar surface area (TPSA) is 225 Å². The minimum Gasteiger partial charge on any atom is -0.394 e. The molecular formula is C30H41N3O13+. The Labute approximate surface area is 263 Å². The first kappa shape index (κ1) is 34.3. The molecule has 0 bridgehead atoms. The number of aliphatic hydroxyl groups excluding tert-OH is 6. The van der Waals surface area contributed by atoms with Crippen LogP contribution >= 0.6 is 0 Å². The first-order valence-corrected chi connectivity index (χ1v) is 15.1. The summed E-state index contributed by atoms with van der Waals surface area (Å²) in [5, 5.41) is 63.6. The van der Waals surface area contributed by atoms with Gasteiger partial charge in [0.05, 0.1) is 50.2 Å². The van der Waals surface area contributed by atoms with Crippen LogP contribution in [0.1, 0.15) is 31.6 Å². The molecule has 1 aliphatic heterocycles. The maximum Gasteiger partial charge on any atom is 0.579 e. The molecule has 16 nitrogen and oxygen atoms in total. The number of fused-ring (bicyclic) bond motifs is 1. The molecule has 253 valence electrons. The standard InChI is InChI=1S/C30H41N3O13/c1-17(35)46-33(23-19-12-30(19,21(36)13-34)27(41)25(23)39)9-5-11-43-15-20-24(38)26(40)28(45-20)31-10-8-22(37)32(29(31)42)16-44-14-18-6-3-2-4-7-18/h2-4,6-8,10,19-21,23-28,34,36,38-41H,5,9,11-16H2,1H3/q+1/t19-,20-,21-,23+,24-,25+,26-,27-,28-,30+/m1/s1. The third-order valence-electron chi connectivity index (χ3n) is 9.10. The van der Waals surface area contributed by atoms with Crippen LogP contribution in [-0.4, -0.2) is 120 Å². The van der Waals surface area contributed by atoms with Crippen LogP contribution in [0.4, 0.5) is 0 Å². The Bertz CT molecular complexity index is 1450. The smallest absolute Gasteiger partial charge is 0.394 e. The quantitative estimate of drug-likeness (QED) is 0.0663. The number of carbonyl (C=O) groups is 1. The van der Waals surface area contributed by atoms with Crippen LogP contribution in [0.3, 0.4) is 0 Å². The molecular weight excluding hydrogens is 610 g/mol. The molecule has 0 unspecified atom stereocenters. The molecule has 1 aromatic carbocycles. The summed E-state index contributed by atoms with van der Waals surface area (Å²) in [5.74, 6) is -1.05. The van der Waals surface area contributed by atoms with E-state index in [0.29, 0.717) is 6.42 Å². The molecule has 0 amide bonds. The van der Waals surface area contributed by atoms with Crippen LogP contribution in [-0.2, 0) is 37.2 Å². The summed E-state index contributed by atoms with van der Waals surface area (Å²) in [6, 6.07) is 9.51. The fourth-order valence-electron chi connectivity index (χ4n) is 6.68. The highest BCUT2D eigenvalue weighted by molar-refractivity contribution is 5.65.